The van der Waals surface area contributed by atoms with Gasteiger partial charge in [0.15, 0.2) is 5.79 Å². The molecule has 0 unspecified atom stereocenters. The highest BCUT2D eigenvalue weighted by Crippen LogP contribution is 2.52. The van der Waals surface area contributed by atoms with E-state index in [1.807, 2.05) is 0 Å². The van der Waals surface area contributed by atoms with Gasteiger partial charge in [-0.1, -0.05) is 12.8 Å². The summed E-state index contributed by atoms with van der Waals surface area (Å²) in [6.45, 7) is 1.85. The van der Waals surface area contributed by atoms with Crippen molar-refractivity contribution in [1.29, 1.82) is 0 Å². The Morgan fingerprint density at radius 3 is 2.18 bits per heavy atom. The SMILES string of the molecule is OCCC1(CC2CC2)CCC2(CC1)OCCO2. The van der Waals surface area contributed by atoms with Crippen molar-refractivity contribution < 1.29 is 14.6 Å². The summed E-state index contributed by atoms with van der Waals surface area (Å²) >= 11 is 0. The van der Waals surface area contributed by atoms with Gasteiger partial charge in [0.2, 0.25) is 0 Å². The molecule has 3 aliphatic rings. The molecule has 0 aromatic heterocycles. The Hall–Kier alpha value is -0.120. The normalized spacial score (nSPS) is 30.9. The standard InChI is InChI=1S/C14H24O3/c15-8-7-13(11-12-1-2-12)3-5-14(6-4-13)16-9-10-17-14/h12,15H,1-11H2. The van der Waals surface area contributed by atoms with Crippen LogP contribution in [0.2, 0.25) is 0 Å². The number of hydrogen-bond acceptors (Lipinski definition) is 3. The molecule has 1 spiro atoms. The van der Waals surface area contributed by atoms with Crippen molar-refractivity contribution in [1.82, 2.24) is 0 Å². The van der Waals surface area contributed by atoms with E-state index in [0.29, 0.717) is 12.0 Å². The molecule has 1 heterocycles. The van der Waals surface area contributed by atoms with Gasteiger partial charge in [-0.2, -0.15) is 0 Å². The zero-order valence-corrected chi connectivity index (χ0v) is 10.6. The molecule has 0 bridgehead atoms. The average molecular weight is 240 g/mol. The summed E-state index contributed by atoms with van der Waals surface area (Å²) in [5.41, 5.74) is 0.385. The average Bonchev–Trinajstić information content (AvgIpc) is 3.02. The summed E-state index contributed by atoms with van der Waals surface area (Å²) in [6, 6.07) is 0. The minimum absolute atomic E-state index is 0.248. The van der Waals surface area contributed by atoms with Crippen LogP contribution in [0.1, 0.15) is 51.4 Å². The maximum absolute atomic E-state index is 9.31. The predicted octanol–water partition coefficient (Wildman–Crippen LogP) is 2.47. The summed E-state index contributed by atoms with van der Waals surface area (Å²) in [4.78, 5) is 0. The van der Waals surface area contributed by atoms with E-state index in [9.17, 15) is 5.11 Å². The second-order valence-corrected chi connectivity index (χ2v) is 6.23. The fourth-order valence-corrected chi connectivity index (χ4v) is 3.67. The van der Waals surface area contributed by atoms with Crippen LogP contribution in [0.15, 0.2) is 0 Å². The van der Waals surface area contributed by atoms with Gasteiger partial charge >= 0.3 is 0 Å². The van der Waals surface area contributed by atoms with Gasteiger partial charge in [0.05, 0.1) is 13.2 Å². The van der Waals surface area contributed by atoms with Gasteiger partial charge in [-0.15, -0.1) is 0 Å². The van der Waals surface area contributed by atoms with Gasteiger partial charge in [-0.25, -0.2) is 0 Å². The summed E-state index contributed by atoms with van der Waals surface area (Å²) in [7, 11) is 0. The van der Waals surface area contributed by atoms with E-state index in [1.54, 1.807) is 0 Å². The molecule has 0 amide bonds. The largest absolute Gasteiger partial charge is 0.396 e. The summed E-state index contributed by atoms with van der Waals surface area (Å²) < 4.78 is 11.6. The zero-order valence-electron chi connectivity index (χ0n) is 10.6. The first kappa shape index (κ1) is 11.9. The van der Waals surface area contributed by atoms with E-state index in [2.05, 4.69) is 0 Å². The van der Waals surface area contributed by atoms with Crippen LogP contribution in [0.5, 0.6) is 0 Å². The molecule has 1 N–H and O–H groups in total. The summed E-state index contributed by atoms with van der Waals surface area (Å²) in [5, 5.41) is 9.31. The molecule has 2 saturated carbocycles. The molecular formula is C14H24O3. The first-order chi connectivity index (χ1) is 8.26. The van der Waals surface area contributed by atoms with E-state index in [1.165, 1.54) is 32.1 Å². The van der Waals surface area contributed by atoms with Crippen LogP contribution in [0.25, 0.3) is 0 Å². The van der Waals surface area contributed by atoms with Gasteiger partial charge in [0.25, 0.3) is 0 Å². The molecule has 3 nitrogen and oxygen atoms in total. The van der Waals surface area contributed by atoms with E-state index in [-0.39, 0.29) is 5.79 Å². The predicted molar refractivity (Wildman–Crippen MR) is 64.6 cm³/mol. The molecule has 2 aliphatic carbocycles. The molecule has 1 aliphatic heterocycles. The van der Waals surface area contributed by atoms with Crippen LogP contribution in [-0.2, 0) is 9.47 Å². The van der Waals surface area contributed by atoms with Crippen molar-refractivity contribution in [3.05, 3.63) is 0 Å². The first-order valence-electron chi connectivity index (χ1n) is 7.15. The minimum atomic E-state index is -0.248. The maximum Gasteiger partial charge on any atom is 0.168 e. The Labute approximate surface area is 103 Å². The first-order valence-corrected chi connectivity index (χ1v) is 7.15. The second-order valence-electron chi connectivity index (χ2n) is 6.23. The zero-order chi connectivity index (χ0) is 11.8. The molecule has 98 valence electrons. The van der Waals surface area contributed by atoms with E-state index < -0.39 is 0 Å². The van der Waals surface area contributed by atoms with Crippen LogP contribution in [0.4, 0.5) is 0 Å². The van der Waals surface area contributed by atoms with Crippen molar-refractivity contribution in [3.8, 4) is 0 Å². The van der Waals surface area contributed by atoms with Gasteiger partial charge in [0, 0.05) is 19.4 Å². The third kappa shape index (κ3) is 2.51. The molecule has 3 rings (SSSR count). The fourth-order valence-electron chi connectivity index (χ4n) is 3.67. The molecule has 0 atom stereocenters. The Kier molecular flexibility index (Phi) is 3.18. The number of rotatable bonds is 4. The number of ether oxygens (including phenoxy) is 2. The monoisotopic (exact) mass is 240 g/mol. The second kappa shape index (κ2) is 4.52. The fraction of sp³-hybridized carbons (Fsp3) is 1.00. The third-order valence-electron chi connectivity index (χ3n) is 4.95. The number of aliphatic hydroxyl groups is 1. The van der Waals surface area contributed by atoms with Gasteiger partial charge in [-0.05, 0) is 37.0 Å². The van der Waals surface area contributed by atoms with E-state index in [4.69, 9.17) is 9.47 Å². The number of aliphatic hydroxyl groups excluding tert-OH is 1. The van der Waals surface area contributed by atoms with Crippen molar-refractivity contribution in [2.45, 2.75) is 57.2 Å². The summed E-state index contributed by atoms with van der Waals surface area (Å²) in [6.07, 6.45) is 9.51. The van der Waals surface area contributed by atoms with Crippen LogP contribution < -0.4 is 0 Å². The lowest BCUT2D eigenvalue weighted by Gasteiger charge is -2.44. The van der Waals surface area contributed by atoms with Crippen molar-refractivity contribution in [3.63, 3.8) is 0 Å². The van der Waals surface area contributed by atoms with E-state index in [0.717, 1.165) is 38.4 Å². The molecular weight excluding hydrogens is 216 g/mol. The molecule has 0 radical (unpaired) electrons. The Morgan fingerprint density at radius 1 is 1.00 bits per heavy atom. The van der Waals surface area contributed by atoms with Gasteiger partial charge in [0.1, 0.15) is 0 Å². The third-order valence-corrected chi connectivity index (χ3v) is 4.95. The topological polar surface area (TPSA) is 38.7 Å². The molecule has 3 fully saturated rings. The lowest BCUT2D eigenvalue weighted by atomic mass is 9.67. The lowest BCUT2D eigenvalue weighted by molar-refractivity contribution is -0.194. The Balaban J connectivity index is 1.62. The molecule has 1 saturated heterocycles. The van der Waals surface area contributed by atoms with Crippen molar-refractivity contribution >= 4 is 0 Å². The lowest BCUT2D eigenvalue weighted by Crippen LogP contribution is -2.40. The summed E-state index contributed by atoms with van der Waals surface area (Å²) in [5.74, 6) is 0.698. The molecule has 17 heavy (non-hydrogen) atoms. The molecule has 0 aromatic carbocycles. The Bertz CT molecular complexity index is 257. The van der Waals surface area contributed by atoms with Gasteiger partial charge < -0.3 is 14.6 Å². The smallest absolute Gasteiger partial charge is 0.168 e. The maximum atomic E-state index is 9.31. The number of hydrogen-bond donors (Lipinski definition) is 1. The quantitative estimate of drug-likeness (QED) is 0.820. The highest BCUT2D eigenvalue weighted by molar-refractivity contribution is 4.94. The van der Waals surface area contributed by atoms with Gasteiger partial charge in [-0.3, -0.25) is 0 Å². The molecule has 0 aromatic rings. The van der Waals surface area contributed by atoms with Crippen LogP contribution in [-0.4, -0.2) is 30.7 Å². The van der Waals surface area contributed by atoms with Crippen LogP contribution in [0, 0.1) is 11.3 Å². The highest BCUT2D eigenvalue weighted by atomic mass is 16.7. The molecule has 3 heteroatoms. The minimum Gasteiger partial charge on any atom is -0.396 e. The van der Waals surface area contributed by atoms with Crippen molar-refractivity contribution in [2.24, 2.45) is 11.3 Å². The Morgan fingerprint density at radius 2 is 1.65 bits per heavy atom. The van der Waals surface area contributed by atoms with Crippen LogP contribution >= 0.6 is 0 Å². The van der Waals surface area contributed by atoms with E-state index >= 15 is 0 Å². The van der Waals surface area contributed by atoms with Crippen LogP contribution in [0.3, 0.4) is 0 Å². The highest BCUT2D eigenvalue weighted by Gasteiger charge is 2.47. The van der Waals surface area contributed by atoms with Crippen molar-refractivity contribution in [2.75, 3.05) is 19.8 Å².